The lowest BCUT2D eigenvalue weighted by molar-refractivity contribution is -0.149. The Morgan fingerprint density at radius 1 is 1.20 bits per heavy atom. The Morgan fingerprint density at radius 2 is 1.97 bits per heavy atom. The third-order valence-corrected chi connectivity index (χ3v) is 6.54. The highest BCUT2D eigenvalue weighted by molar-refractivity contribution is 6.42. The average Bonchev–Trinajstić information content (AvgIpc) is 3.53. The van der Waals surface area contributed by atoms with Crippen LogP contribution in [0.1, 0.15) is 60.3 Å². The van der Waals surface area contributed by atoms with E-state index in [-0.39, 0.29) is 17.8 Å². The highest BCUT2D eigenvalue weighted by Crippen LogP contribution is 2.42. The van der Waals surface area contributed by atoms with Gasteiger partial charge in [0.15, 0.2) is 0 Å². The molecular formula is C22H25Cl2N3O3. The number of benzene rings is 1. The smallest absolute Gasteiger partial charge is 0.310 e. The van der Waals surface area contributed by atoms with Crippen molar-refractivity contribution >= 4 is 35.1 Å². The van der Waals surface area contributed by atoms with E-state index in [0.717, 1.165) is 42.8 Å². The van der Waals surface area contributed by atoms with E-state index in [1.165, 1.54) is 0 Å². The molecule has 160 valence electrons. The van der Waals surface area contributed by atoms with Crippen LogP contribution in [0.15, 0.2) is 18.2 Å². The van der Waals surface area contributed by atoms with Crippen LogP contribution in [-0.2, 0) is 9.53 Å². The van der Waals surface area contributed by atoms with Gasteiger partial charge in [0.2, 0.25) is 0 Å². The third-order valence-electron chi connectivity index (χ3n) is 5.80. The van der Waals surface area contributed by atoms with E-state index in [1.807, 2.05) is 13.0 Å². The fourth-order valence-corrected chi connectivity index (χ4v) is 4.36. The van der Waals surface area contributed by atoms with Crippen molar-refractivity contribution in [1.29, 1.82) is 0 Å². The zero-order valence-corrected chi connectivity index (χ0v) is 18.7. The Bertz CT molecular complexity index is 984. The molecule has 1 aliphatic heterocycles. The van der Waals surface area contributed by atoms with Gasteiger partial charge in [0.25, 0.3) is 5.91 Å². The van der Waals surface area contributed by atoms with E-state index in [4.69, 9.17) is 33.0 Å². The molecule has 1 amide bonds. The normalized spacial score (nSPS) is 19.1. The van der Waals surface area contributed by atoms with Gasteiger partial charge >= 0.3 is 5.97 Å². The minimum absolute atomic E-state index is 0.0605. The molecule has 2 fully saturated rings. The van der Waals surface area contributed by atoms with Gasteiger partial charge in [-0.3, -0.25) is 9.59 Å². The lowest BCUT2D eigenvalue weighted by Gasteiger charge is -2.31. The molecule has 2 aromatic rings. The Kier molecular flexibility index (Phi) is 6.07. The van der Waals surface area contributed by atoms with Gasteiger partial charge in [-0.1, -0.05) is 23.2 Å². The molecule has 4 rings (SSSR count). The number of halogens is 2. The van der Waals surface area contributed by atoms with Gasteiger partial charge in [-0.2, -0.15) is 5.10 Å². The van der Waals surface area contributed by atoms with Crippen molar-refractivity contribution in [3.05, 3.63) is 45.2 Å². The maximum Gasteiger partial charge on any atom is 0.310 e. The van der Waals surface area contributed by atoms with Gasteiger partial charge in [0, 0.05) is 19.0 Å². The van der Waals surface area contributed by atoms with Crippen molar-refractivity contribution in [2.75, 3.05) is 19.7 Å². The first-order valence-electron chi connectivity index (χ1n) is 10.4. The number of esters is 1. The summed E-state index contributed by atoms with van der Waals surface area (Å²) in [5.74, 6) is -0.245. The predicted molar refractivity (Wildman–Crippen MR) is 116 cm³/mol. The van der Waals surface area contributed by atoms with Gasteiger partial charge in [0.1, 0.15) is 0 Å². The van der Waals surface area contributed by atoms with Crippen LogP contribution in [0.5, 0.6) is 0 Å². The van der Waals surface area contributed by atoms with E-state index < -0.39 is 0 Å². The van der Waals surface area contributed by atoms with Gasteiger partial charge in [0.05, 0.1) is 45.2 Å². The third kappa shape index (κ3) is 4.08. The number of amides is 1. The largest absolute Gasteiger partial charge is 0.466 e. The topological polar surface area (TPSA) is 64.4 Å². The van der Waals surface area contributed by atoms with Crippen molar-refractivity contribution in [1.82, 2.24) is 14.7 Å². The lowest BCUT2D eigenvalue weighted by atomic mass is 9.97. The maximum absolute atomic E-state index is 13.5. The Hall–Kier alpha value is -2.05. The van der Waals surface area contributed by atoms with Crippen molar-refractivity contribution in [3.8, 4) is 5.69 Å². The van der Waals surface area contributed by atoms with Crippen LogP contribution in [0.2, 0.25) is 10.0 Å². The number of piperidine rings is 1. The fraction of sp³-hybridized carbons (Fsp3) is 0.500. The average molecular weight is 450 g/mol. The summed E-state index contributed by atoms with van der Waals surface area (Å²) in [6, 6.07) is 5.33. The first-order valence-corrected chi connectivity index (χ1v) is 11.2. The minimum Gasteiger partial charge on any atom is -0.466 e. The van der Waals surface area contributed by atoms with E-state index in [9.17, 15) is 9.59 Å². The highest BCUT2D eigenvalue weighted by atomic mass is 35.5. The second kappa shape index (κ2) is 8.60. The number of hydrogen-bond donors (Lipinski definition) is 0. The molecule has 1 unspecified atom stereocenters. The molecule has 0 N–H and O–H groups in total. The van der Waals surface area contributed by atoms with E-state index in [0.29, 0.717) is 41.2 Å². The number of carbonyl (C=O) groups excluding carboxylic acids is 2. The zero-order valence-electron chi connectivity index (χ0n) is 17.2. The fourth-order valence-electron chi connectivity index (χ4n) is 4.07. The molecule has 0 bridgehead atoms. The molecule has 2 heterocycles. The molecule has 1 aromatic carbocycles. The molecule has 1 aliphatic carbocycles. The Balaban J connectivity index is 1.66. The van der Waals surface area contributed by atoms with E-state index in [2.05, 4.69) is 0 Å². The molecule has 1 atom stereocenters. The molecular weight excluding hydrogens is 425 g/mol. The van der Waals surface area contributed by atoms with Crippen molar-refractivity contribution in [2.45, 2.75) is 45.4 Å². The first kappa shape index (κ1) is 21.2. The summed E-state index contributed by atoms with van der Waals surface area (Å²) in [5, 5.41) is 5.71. The summed E-state index contributed by atoms with van der Waals surface area (Å²) < 4.78 is 6.95. The van der Waals surface area contributed by atoms with Crippen molar-refractivity contribution in [2.24, 2.45) is 5.92 Å². The van der Waals surface area contributed by atoms with Crippen LogP contribution < -0.4 is 0 Å². The molecule has 1 saturated carbocycles. The highest BCUT2D eigenvalue weighted by Gasteiger charge is 2.37. The van der Waals surface area contributed by atoms with Crippen molar-refractivity contribution in [3.63, 3.8) is 0 Å². The lowest BCUT2D eigenvalue weighted by Crippen LogP contribution is -2.43. The van der Waals surface area contributed by atoms with Crippen LogP contribution >= 0.6 is 23.2 Å². The molecule has 2 aliphatic rings. The number of hydrogen-bond acceptors (Lipinski definition) is 4. The summed E-state index contributed by atoms with van der Waals surface area (Å²) >= 11 is 12.3. The second-order valence-electron chi connectivity index (χ2n) is 7.97. The van der Waals surface area contributed by atoms with Gasteiger partial charge in [-0.25, -0.2) is 4.68 Å². The molecule has 6 nitrogen and oxygen atoms in total. The predicted octanol–water partition coefficient (Wildman–Crippen LogP) is 4.78. The number of likely N-dealkylation sites (tertiary alicyclic amines) is 1. The van der Waals surface area contributed by atoms with Crippen LogP contribution in [0, 0.1) is 12.8 Å². The number of aromatic nitrogens is 2. The standard InChI is InChI=1S/C22H25Cl2N3O3/c1-3-30-22(29)15-5-4-10-26(12-15)21(28)19-13(2)27(25-20(19)14-6-7-14)16-8-9-17(23)18(24)11-16/h8-9,11,14-15H,3-7,10,12H2,1-2H3. The van der Waals surface area contributed by atoms with Crippen LogP contribution in [0.3, 0.4) is 0 Å². The van der Waals surface area contributed by atoms with Crippen molar-refractivity contribution < 1.29 is 14.3 Å². The molecule has 0 radical (unpaired) electrons. The van der Waals surface area contributed by atoms with Gasteiger partial charge < -0.3 is 9.64 Å². The number of carbonyl (C=O) groups is 2. The number of rotatable bonds is 5. The van der Waals surface area contributed by atoms with Gasteiger partial charge in [-0.05, 0) is 57.7 Å². The number of nitrogens with zero attached hydrogens (tertiary/aromatic N) is 3. The van der Waals surface area contributed by atoms with Crippen LogP contribution in [-0.4, -0.2) is 46.3 Å². The second-order valence-corrected chi connectivity index (χ2v) is 8.79. The van der Waals surface area contributed by atoms with E-state index >= 15 is 0 Å². The Morgan fingerprint density at radius 3 is 2.63 bits per heavy atom. The summed E-state index contributed by atoms with van der Waals surface area (Å²) in [4.78, 5) is 27.5. The summed E-state index contributed by atoms with van der Waals surface area (Å²) in [7, 11) is 0. The monoisotopic (exact) mass is 449 g/mol. The maximum atomic E-state index is 13.5. The minimum atomic E-state index is -0.266. The molecule has 1 saturated heterocycles. The summed E-state index contributed by atoms with van der Waals surface area (Å²) in [5.41, 5.74) is 3.03. The molecule has 8 heteroatoms. The summed E-state index contributed by atoms with van der Waals surface area (Å²) in [6.07, 6.45) is 3.60. The molecule has 0 spiro atoms. The zero-order chi connectivity index (χ0) is 21.4. The Labute approximate surface area is 186 Å². The SMILES string of the molecule is CCOC(=O)C1CCCN(C(=O)c2c(C3CC3)nn(-c3ccc(Cl)c(Cl)c3)c2C)C1. The van der Waals surface area contributed by atoms with Gasteiger partial charge in [-0.15, -0.1) is 0 Å². The molecule has 30 heavy (non-hydrogen) atoms. The van der Waals surface area contributed by atoms with Crippen LogP contribution in [0.25, 0.3) is 5.69 Å². The summed E-state index contributed by atoms with van der Waals surface area (Å²) in [6.45, 7) is 5.08. The first-order chi connectivity index (χ1) is 14.4. The van der Waals surface area contributed by atoms with Crippen LogP contribution in [0.4, 0.5) is 0 Å². The number of ether oxygens (including phenoxy) is 1. The molecule has 1 aromatic heterocycles. The quantitative estimate of drug-likeness (QED) is 0.615. The van der Waals surface area contributed by atoms with E-state index in [1.54, 1.807) is 28.6 Å².